The van der Waals surface area contributed by atoms with E-state index in [0.717, 1.165) is 11.1 Å². The van der Waals surface area contributed by atoms with Crippen molar-refractivity contribution in [2.45, 2.75) is 13.5 Å². The molecule has 0 atom stereocenters. The van der Waals surface area contributed by atoms with Crippen LogP contribution in [0.3, 0.4) is 0 Å². The highest BCUT2D eigenvalue weighted by Crippen LogP contribution is 2.09. The molecule has 0 aliphatic rings. The summed E-state index contributed by atoms with van der Waals surface area (Å²) in [4.78, 5) is 24.6. The Balaban J connectivity index is 2.60. The number of aryl methyl sites for hydroxylation is 1. The van der Waals surface area contributed by atoms with E-state index in [0.29, 0.717) is 19.6 Å². The minimum atomic E-state index is -0.614. The molecule has 0 unspecified atom stereocenters. The predicted octanol–water partition coefficient (Wildman–Crippen LogP) is 0.0283. The van der Waals surface area contributed by atoms with E-state index in [4.69, 9.17) is 5.73 Å². The van der Waals surface area contributed by atoms with Gasteiger partial charge in [0.15, 0.2) is 0 Å². The molecular formula is C13H19N3O2. The summed E-state index contributed by atoms with van der Waals surface area (Å²) in [5.41, 5.74) is 7.38. The lowest BCUT2D eigenvalue weighted by atomic mass is 10.1. The molecule has 0 aliphatic heterocycles. The fourth-order valence-electron chi connectivity index (χ4n) is 1.55. The minimum absolute atomic E-state index is 0.308. The van der Waals surface area contributed by atoms with Crippen LogP contribution in [0.15, 0.2) is 24.3 Å². The zero-order valence-corrected chi connectivity index (χ0v) is 10.8. The Morgan fingerprint density at radius 3 is 2.61 bits per heavy atom. The Hall–Kier alpha value is -1.88. The van der Waals surface area contributed by atoms with Crippen LogP contribution in [0.2, 0.25) is 0 Å². The van der Waals surface area contributed by atoms with E-state index in [1.165, 1.54) is 4.90 Å². The highest BCUT2D eigenvalue weighted by atomic mass is 16.2. The maximum Gasteiger partial charge on any atom is 0.311 e. The molecule has 0 aliphatic carbocycles. The molecule has 18 heavy (non-hydrogen) atoms. The maximum atomic E-state index is 11.7. The van der Waals surface area contributed by atoms with Gasteiger partial charge in [-0.2, -0.15) is 0 Å². The molecular weight excluding hydrogens is 230 g/mol. The molecule has 5 heteroatoms. The lowest BCUT2D eigenvalue weighted by Crippen LogP contribution is -2.42. The van der Waals surface area contributed by atoms with Gasteiger partial charge in [-0.1, -0.05) is 24.3 Å². The quantitative estimate of drug-likeness (QED) is 0.739. The number of nitrogens with two attached hydrogens (primary N) is 1. The molecule has 0 heterocycles. The summed E-state index contributed by atoms with van der Waals surface area (Å²) < 4.78 is 0. The largest absolute Gasteiger partial charge is 0.347 e. The van der Waals surface area contributed by atoms with E-state index in [9.17, 15) is 9.59 Å². The van der Waals surface area contributed by atoms with Gasteiger partial charge in [0.2, 0.25) is 0 Å². The first-order chi connectivity index (χ1) is 8.56. The molecule has 3 N–H and O–H groups in total. The van der Waals surface area contributed by atoms with Gasteiger partial charge in [-0.25, -0.2) is 0 Å². The summed E-state index contributed by atoms with van der Waals surface area (Å²) in [7, 11) is 1.61. The van der Waals surface area contributed by atoms with Crippen LogP contribution in [0.1, 0.15) is 11.1 Å². The van der Waals surface area contributed by atoms with E-state index in [1.54, 1.807) is 7.05 Å². The van der Waals surface area contributed by atoms with Crippen molar-refractivity contribution in [2.75, 3.05) is 20.1 Å². The number of nitrogens with one attached hydrogen (secondary N) is 1. The van der Waals surface area contributed by atoms with Crippen LogP contribution >= 0.6 is 0 Å². The highest BCUT2D eigenvalue weighted by Gasteiger charge is 2.18. The number of rotatable bonds is 4. The van der Waals surface area contributed by atoms with Gasteiger partial charge in [-0.05, 0) is 18.1 Å². The number of carbonyl (C=O) groups excluding carboxylic acids is 2. The van der Waals surface area contributed by atoms with Crippen LogP contribution in [0.5, 0.6) is 0 Å². The van der Waals surface area contributed by atoms with Gasteiger partial charge in [0, 0.05) is 26.7 Å². The third-order valence-corrected chi connectivity index (χ3v) is 2.64. The fraction of sp³-hybridized carbons (Fsp3) is 0.385. The van der Waals surface area contributed by atoms with Crippen LogP contribution in [0, 0.1) is 6.92 Å². The molecule has 0 saturated carbocycles. The summed E-state index contributed by atoms with van der Waals surface area (Å²) in [6.45, 7) is 3.02. The Kier molecular flexibility index (Phi) is 5.32. The number of benzene rings is 1. The van der Waals surface area contributed by atoms with Gasteiger partial charge in [0.05, 0.1) is 0 Å². The maximum absolute atomic E-state index is 11.7. The van der Waals surface area contributed by atoms with Crippen molar-refractivity contribution < 1.29 is 9.59 Å². The summed E-state index contributed by atoms with van der Waals surface area (Å²) in [5.74, 6) is -1.16. The topological polar surface area (TPSA) is 75.4 Å². The van der Waals surface area contributed by atoms with Crippen LogP contribution in [-0.4, -0.2) is 36.9 Å². The van der Waals surface area contributed by atoms with Gasteiger partial charge in [-0.3, -0.25) is 9.59 Å². The Morgan fingerprint density at radius 1 is 1.33 bits per heavy atom. The van der Waals surface area contributed by atoms with Crippen molar-refractivity contribution in [3.63, 3.8) is 0 Å². The molecule has 1 aromatic carbocycles. The van der Waals surface area contributed by atoms with Crippen LogP contribution in [0.25, 0.3) is 0 Å². The average molecular weight is 249 g/mol. The average Bonchev–Trinajstić information content (AvgIpc) is 2.37. The summed E-state index contributed by atoms with van der Waals surface area (Å²) >= 11 is 0. The number of carbonyl (C=O) groups is 2. The fourth-order valence-corrected chi connectivity index (χ4v) is 1.55. The monoisotopic (exact) mass is 249 g/mol. The van der Waals surface area contributed by atoms with E-state index >= 15 is 0 Å². The normalized spacial score (nSPS) is 9.94. The zero-order valence-electron chi connectivity index (χ0n) is 10.8. The zero-order chi connectivity index (χ0) is 13.5. The number of hydrogen-bond acceptors (Lipinski definition) is 3. The Morgan fingerprint density at radius 2 is 2.00 bits per heavy atom. The number of amides is 2. The van der Waals surface area contributed by atoms with Crippen molar-refractivity contribution in [2.24, 2.45) is 5.73 Å². The van der Waals surface area contributed by atoms with Crippen LogP contribution < -0.4 is 11.1 Å². The van der Waals surface area contributed by atoms with Crippen molar-refractivity contribution in [3.8, 4) is 0 Å². The lowest BCUT2D eigenvalue weighted by Gasteiger charge is -2.17. The Labute approximate surface area is 107 Å². The van der Waals surface area contributed by atoms with Gasteiger partial charge in [-0.15, -0.1) is 0 Å². The van der Waals surface area contributed by atoms with Gasteiger partial charge < -0.3 is 16.0 Å². The molecule has 0 aromatic heterocycles. The standard InChI is InChI=1S/C13H19N3O2/c1-10-5-3-4-6-11(10)9-16(2)13(18)12(17)15-8-7-14/h3-6H,7-9,14H2,1-2H3,(H,15,17). The summed E-state index contributed by atoms with van der Waals surface area (Å²) in [6, 6.07) is 7.77. The van der Waals surface area contributed by atoms with E-state index in [1.807, 2.05) is 31.2 Å². The molecule has 0 radical (unpaired) electrons. The van der Waals surface area contributed by atoms with E-state index < -0.39 is 11.8 Å². The molecule has 1 rings (SSSR count). The SMILES string of the molecule is Cc1ccccc1CN(C)C(=O)C(=O)NCCN. The lowest BCUT2D eigenvalue weighted by molar-refractivity contribution is -0.145. The van der Waals surface area contributed by atoms with Crippen molar-refractivity contribution in [3.05, 3.63) is 35.4 Å². The van der Waals surface area contributed by atoms with Gasteiger partial charge in [0.25, 0.3) is 0 Å². The minimum Gasteiger partial charge on any atom is -0.347 e. The molecule has 0 spiro atoms. The number of likely N-dealkylation sites (N-methyl/N-ethyl adjacent to an activating group) is 1. The second kappa shape index (κ2) is 6.76. The third-order valence-electron chi connectivity index (χ3n) is 2.64. The smallest absolute Gasteiger partial charge is 0.311 e. The van der Waals surface area contributed by atoms with Gasteiger partial charge in [0.1, 0.15) is 0 Å². The molecule has 1 aromatic rings. The molecule has 0 fully saturated rings. The van der Waals surface area contributed by atoms with Crippen molar-refractivity contribution in [1.29, 1.82) is 0 Å². The second-order valence-electron chi connectivity index (χ2n) is 4.13. The highest BCUT2D eigenvalue weighted by molar-refractivity contribution is 6.34. The van der Waals surface area contributed by atoms with Crippen molar-refractivity contribution >= 4 is 11.8 Å². The van der Waals surface area contributed by atoms with Crippen molar-refractivity contribution in [1.82, 2.24) is 10.2 Å². The molecule has 2 amide bonds. The van der Waals surface area contributed by atoms with E-state index in [2.05, 4.69) is 5.32 Å². The molecule has 5 nitrogen and oxygen atoms in total. The molecule has 98 valence electrons. The first kappa shape index (κ1) is 14.2. The van der Waals surface area contributed by atoms with Crippen LogP contribution in [-0.2, 0) is 16.1 Å². The predicted molar refractivity (Wildman–Crippen MR) is 69.7 cm³/mol. The Bertz CT molecular complexity index is 432. The van der Waals surface area contributed by atoms with E-state index in [-0.39, 0.29) is 0 Å². The first-order valence-electron chi connectivity index (χ1n) is 5.84. The number of nitrogens with zero attached hydrogens (tertiary/aromatic N) is 1. The summed E-state index contributed by atoms with van der Waals surface area (Å²) in [6.07, 6.45) is 0. The molecule has 0 bridgehead atoms. The third kappa shape index (κ3) is 3.85. The molecule has 0 saturated heterocycles. The first-order valence-corrected chi connectivity index (χ1v) is 5.84. The van der Waals surface area contributed by atoms with Gasteiger partial charge >= 0.3 is 11.8 Å². The number of hydrogen-bond donors (Lipinski definition) is 2. The second-order valence-corrected chi connectivity index (χ2v) is 4.13. The summed E-state index contributed by atoms with van der Waals surface area (Å²) in [5, 5.41) is 2.46. The van der Waals surface area contributed by atoms with Crippen LogP contribution in [0.4, 0.5) is 0 Å².